The molecule has 3 fully saturated rings. The SMILES string of the molecule is Cc1nn2c(C3CCNCC3)cc(=O)[nH]c2c1C(=O)N1CC2CCCCC2C1. The van der Waals surface area contributed by atoms with Gasteiger partial charge >= 0.3 is 0 Å². The number of carbonyl (C=O) groups is 1. The summed E-state index contributed by atoms with van der Waals surface area (Å²) in [6, 6.07) is 1.66. The van der Waals surface area contributed by atoms with Gasteiger partial charge in [0.05, 0.1) is 11.4 Å². The second-order valence-corrected chi connectivity index (χ2v) is 8.82. The zero-order chi connectivity index (χ0) is 19.3. The summed E-state index contributed by atoms with van der Waals surface area (Å²) in [5, 5.41) is 8.06. The standard InChI is InChI=1S/C21H29N5O2/c1-13-19(21(28)25-11-15-4-2-3-5-16(15)12-25)20-23-18(27)10-17(26(20)24-13)14-6-8-22-9-7-14/h10,14-16,22H,2-9,11-12H2,1H3,(H,23,27). The number of amides is 1. The molecule has 7 nitrogen and oxygen atoms in total. The van der Waals surface area contributed by atoms with Crippen molar-refractivity contribution >= 4 is 11.6 Å². The van der Waals surface area contributed by atoms with Crippen LogP contribution in [0.2, 0.25) is 0 Å². The summed E-state index contributed by atoms with van der Waals surface area (Å²) in [6.07, 6.45) is 7.00. The molecule has 1 saturated carbocycles. The Morgan fingerprint density at radius 2 is 1.79 bits per heavy atom. The van der Waals surface area contributed by atoms with E-state index < -0.39 is 0 Å². The van der Waals surface area contributed by atoms with E-state index in [-0.39, 0.29) is 11.5 Å². The lowest BCUT2D eigenvalue weighted by Gasteiger charge is -2.23. The molecule has 0 bridgehead atoms. The number of nitrogens with one attached hydrogen (secondary N) is 2. The molecule has 2 N–H and O–H groups in total. The lowest BCUT2D eigenvalue weighted by Crippen LogP contribution is -2.30. The summed E-state index contributed by atoms with van der Waals surface area (Å²) in [7, 11) is 0. The minimum absolute atomic E-state index is 0.0278. The van der Waals surface area contributed by atoms with Crippen molar-refractivity contribution in [2.24, 2.45) is 11.8 Å². The fourth-order valence-electron chi connectivity index (χ4n) is 5.57. The van der Waals surface area contributed by atoms with E-state index in [2.05, 4.69) is 10.3 Å². The Morgan fingerprint density at radius 3 is 2.46 bits per heavy atom. The quantitative estimate of drug-likeness (QED) is 0.832. The van der Waals surface area contributed by atoms with Crippen LogP contribution in [0.15, 0.2) is 10.9 Å². The van der Waals surface area contributed by atoms with E-state index in [4.69, 9.17) is 5.10 Å². The van der Waals surface area contributed by atoms with E-state index in [0.717, 1.165) is 44.7 Å². The normalized spacial score (nSPS) is 26.0. The molecule has 0 radical (unpaired) electrons. The Morgan fingerprint density at radius 1 is 1.11 bits per heavy atom. The lowest BCUT2D eigenvalue weighted by atomic mass is 9.82. The maximum absolute atomic E-state index is 13.4. The highest BCUT2D eigenvalue weighted by atomic mass is 16.2. The van der Waals surface area contributed by atoms with Crippen LogP contribution in [0.3, 0.4) is 0 Å². The number of aromatic amines is 1. The molecule has 2 unspecified atom stereocenters. The van der Waals surface area contributed by atoms with Crippen LogP contribution in [0.4, 0.5) is 0 Å². The predicted molar refractivity (Wildman–Crippen MR) is 107 cm³/mol. The van der Waals surface area contributed by atoms with E-state index in [1.165, 1.54) is 25.7 Å². The summed E-state index contributed by atoms with van der Waals surface area (Å²) in [4.78, 5) is 30.8. The molecular formula is C21H29N5O2. The zero-order valence-corrected chi connectivity index (χ0v) is 16.5. The van der Waals surface area contributed by atoms with Crippen LogP contribution < -0.4 is 10.9 Å². The number of aromatic nitrogens is 3. The molecular weight excluding hydrogens is 354 g/mol. The second-order valence-electron chi connectivity index (χ2n) is 8.82. The van der Waals surface area contributed by atoms with Crippen LogP contribution in [0.1, 0.15) is 66.2 Å². The molecule has 2 aliphatic heterocycles. The molecule has 0 spiro atoms. The van der Waals surface area contributed by atoms with Crippen molar-refractivity contribution in [3.8, 4) is 0 Å². The maximum Gasteiger partial charge on any atom is 0.259 e. The largest absolute Gasteiger partial charge is 0.338 e. The molecule has 5 rings (SSSR count). The number of fused-ring (bicyclic) bond motifs is 2. The summed E-state index contributed by atoms with van der Waals surface area (Å²) < 4.78 is 1.82. The first-order valence-electron chi connectivity index (χ1n) is 10.7. The lowest BCUT2D eigenvalue weighted by molar-refractivity contribution is 0.0785. The van der Waals surface area contributed by atoms with Crippen LogP contribution in [-0.2, 0) is 0 Å². The second kappa shape index (κ2) is 7.03. The topological polar surface area (TPSA) is 82.5 Å². The molecule has 2 aromatic heterocycles. The van der Waals surface area contributed by atoms with Gasteiger partial charge in [-0.1, -0.05) is 12.8 Å². The van der Waals surface area contributed by atoms with Crippen molar-refractivity contribution in [1.82, 2.24) is 24.8 Å². The molecule has 1 amide bonds. The van der Waals surface area contributed by atoms with Gasteiger partial charge in [0.2, 0.25) is 0 Å². The van der Waals surface area contributed by atoms with Gasteiger partial charge < -0.3 is 15.2 Å². The Bertz CT molecular complexity index is 942. The van der Waals surface area contributed by atoms with E-state index >= 15 is 0 Å². The first kappa shape index (κ1) is 17.9. The average molecular weight is 383 g/mol. The van der Waals surface area contributed by atoms with Crippen molar-refractivity contribution in [1.29, 1.82) is 0 Å². The van der Waals surface area contributed by atoms with Gasteiger partial charge in [0.15, 0.2) is 0 Å². The molecule has 2 atom stereocenters. The first-order valence-corrected chi connectivity index (χ1v) is 10.7. The van der Waals surface area contributed by atoms with E-state index in [1.54, 1.807) is 6.07 Å². The van der Waals surface area contributed by atoms with Gasteiger partial charge in [0.1, 0.15) is 11.2 Å². The van der Waals surface area contributed by atoms with Crippen molar-refractivity contribution in [3.05, 3.63) is 33.4 Å². The number of aryl methyl sites for hydroxylation is 1. The van der Waals surface area contributed by atoms with Crippen molar-refractivity contribution < 1.29 is 4.79 Å². The number of likely N-dealkylation sites (tertiary alicyclic amines) is 1. The van der Waals surface area contributed by atoms with Gasteiger partial charge in [-0.05, 0) is 57.5 Å². The van der Waals surface area contributed by atoms with E-state index in [0.29, 0.717) is 34.7 Å². The number of hydrogen-bond acceptors (Lipinski definition) is 4. The highest BCUT2D eigenvalue weighted by molar-refractivity contribution is 6.01. The summed E-state index contributed by atoms with van der Waals surface area (Å²) in [5.41, 5.74) is 2.63. The van der Waals surface area contributed by atoms with Crippen molar-refractivity contribution in [2.45, 2.75) is 51.4 Å². The van der Waals surface area contributed by atoms with Crippen molar-refractivity contribution in [3.63, 3.8) is 0 Å². The van der Waals surface area contributed by atoms with Crippen LogP contribution >= 0.6 is 0 Å². The number of hydrogen-bond donors (Lipinski definition) is 2. The highest BCUT2D eigenvalue weighted by Gasteiger charge is 2.38. The molecule has 0 aromatic carbocycles. The minimum Gasteiger partial charge on any atom is -0.338 e. The Kier molecular flexibility index (Phi) is 4.50. The molecule has 1 aliphatic carbocycles. The first-order chi connectivity index (χ1) is 13.6. The van der Waals surface area contributed by atoms with E-state index in [9.17, 15) is 9.59 Å². The van der Waals surface area contributed by atoms with Gasteiger partial charge in [0, 0.05) is 25.1 Å². The maximum atomic E-state index is 13.4. The Hall–Kier alpha value is -2.15. The third-order valence-corrected chi connectivity index (χ3v) is 7.06. The van der Waals surface area contributed by atoms with Gasteiger partial charge in [0.25, 0.3) is 11.5 Å². The monoisotopic (exact) mass is 383 g/mol. The number of piperidine rings is 1. The summed E-state index contributed by atoms with van der Waals surface area (Å²) >= 11 is 0. The van der Waals surface area contributed by atoms with E-state index in [1.807, 2.05) is 16.3 Å². The third kappa shape index (κ3) is 2.96. The Balaban J connectivity index is 1.53. The number of rotatable bonds is 2. The number of nitrogens with zero attached hydrogens (tertiary/aromatic N) is 3. The summed E-state index contributed by atoms with van der Waals surface area (Å²) in [5.74, 6) is 1.61. The molecule has 7 heteroatoms. The van der Waals surface area contributed by atoms with Gasteiger partial charge in [-0.25, -0.2) is 4.52 Å². The van der Waals surface area contributed by atoms with Crippen LogP contribution in [0.25, 0.3) is 5.65 Å². The molecule has 28 heavy (non-hydrogen) atoms. The minimum atomic E-state index is -0.148. The number of carbonyl (C=O) groups excluding carboxylic acids is 1. The average Bonchev–Trinajstić information content (AvgIpc) is 3.28. The smallest absolute Gasteiger partial charge is 0.259 e. The summed E-state index contributed by atoms with van der Waals surface area (Å²) in [6.45, 7) is 5.47. The van der Waals surface area contributed by atoms with Gasteiger partial charge in [-0.2, -0.15) is 5.10 Å². The molecule has 4 heterocycles. The van der Waals surface area contributed by atoms with Crippen molar-refractivity contribution in [2.75, 3.05) is 26.2 Å². The molecule has 150 valence electrons. The third-order valence-electron chi connectivity index (χ3n) is 7.06. The molecule has 2 aromatic rings. The fraction of sp³-hybridized carbons (Fsp3) is 0.667. The predicted octanol–water partition coefficient (Wildman–Crippen LogP) is 2.06. The molecule has 3 aliphatic rings. The Labute approximate surface area is 164 Å². The zero-order valence-electron chi connectivity index (χ0n) is 16.5. The fourth-order valence-corrected chi connectivity index (χ4v) is 5.57. The van der Waals surface area contributed by atoms with Crippen LogP contribution in [0.5, 0.6) is 0 Å². The van der Waals surface area contributed by atoms with Gasteiger partial charge in [-0.15, -0.1) is 0 Å². The van der Waals surface area contributed by atoms with Crippen LogP contribution in [0, 0.1) is 18.8 Å². The van der Waals surface area contributed by atoms with Crippen LogP contribution in [-0.4, -0.2) is 51.6 Å². The highest BCUT2D eigenvalue weighted by Crippen LogP contribution is 2.37. The molecule has 2 saturated heterocycles. The van der Waals surface area contributed by atoms with Gasteiger partial charge in [-0.3, -0.25) is 9.59 Å². The number of H-pyrrole nitrogens is 1.